The molecule has 1 aromatic heterocycles. The molecule has 1 heterocycles. The fraction of sp³-hybridized carbons (Fsp3) is 0.238. The minimum atomic E-state index is -2.13. The highest BCUT2D eigenvalue weighted by Crippen LogP contribution is 2.24. The molecule has 0 aliphatic heterocycles. The van der Waals surface area contributed by atoms with E-state index >= 15 is 0 Å². The van der Waals surface area contributed by atoms with Crippen LogP contribution in [0.5, 0.6) is 0 Å². The van der Waals surface area contributed by atoms with Gasteiger partial charge in [-0.1, -0.05) is 66.4 Å². The van der Waals surface area contributed by atoms with Gasteiger partial charge in [-0.15, -0.1) is 0 Å². The van der Waals surface area contributed by atoms with Gasteiger partial charge >= 0.3 is 0 Å². The number of hydrogen-bond acceptors (Lipinski definition) is 4. The second kappa shape index (κ2) is 9.28. The normalized spacial score (nSPS) is 12.1. The van der Waals surface area contributed by atoms with Crippen LogP contribution in [0.3, 0.4) is 0 Å². The van der Waals surface area contributed by atoms with Crippen molar-refractivity contribution in [3.63, 3.8) is 0 Å². The van der Waals surface area contributed by atoms with E-state index in [1.165, 1.54) is 4.68 Å². The molecular formula is C21H20ClN2O3S-. The highest BCUT2D eigenvalue weighted by atomic mass is 35.5. The van der Waals surface area contributed by atoms with E-state index in [2.05, 4.69) is 12.0 Å². The molecule has 1 atom stereocenters. The Morgan fingerprint density at radius 1 is 1.18 bits per heavy atom. The molecule has 146 valence electrons. The third-order valence-electron chi connectivity index (χ3n) is 4.46. The van der Waals surface area contributed by atoms with Crippen molar-refractivity contribution in [2.24, 2.45) is 0 Å². The van der Waals surface area contributed by atoms with Crippen LogP contribution < -0.4 is 5.56 Å². The van der Waals surface area contributed by atoms with Gasteiger partial charge in [-0.2, -0.15) is 9.78 Å². The number of unbranched alkanes of at least 4 members (excludes halogenated alkanes) is 1. The zero-order valence-electron chi connectivity index (χ0n) is 15.4. The van der Waals surface area contributed by atoms with E-state index in [9.17, 15) is 13.6 Å². The molecule has 7 heteroatoms. The van der Waals surface area contributed by atoms with Gasteiger partial charge in [-0.3, -0.25) is 9.00 Å². The monoisotopic (exact) mass is 415 g/mol. The number of hydrogen-bond donors (Lipinski definition) is 0. The minimum Gasteiger partial charge on any atom is -0.772 e. The van der Waals surface area contributed by atoms with E-state index in [1.807, 2.05) is 12.1 Å². The smallest absolute Gasteiger partial charge is 0.275 e. The molecule has 0 radical (unpaired) electrons. The first-order valence-electron chi connectivity index (χ1n) is 9.02. The van der Waals surface area contributed by atoms with E-state index in [-0.39, 0.29) is 11.3 Å². The Hall–Kier alpha value is -2.28. The van der Waals surface area contributed by atoms with Gasteiger partial charge < -0.3 is 4.55 Å². The van der Waals surface area contributed by atoms with Crippen molar-refractivity contribution in [1.29, 1.82) is 0 Å². The number of halogens is 1. The molecule has 0 spiro atoms. The van der Waals surface area contributed by atoms with Crippen molar-refractivity contribution in [3.8, 4) is 16.8 Å². The summed E-state index contributed by atoms with van der Waals surface area (Å²) < 4.78 is 23.1. The zero-order valence-corrected chi connectivity index (χ0v) is 17.0. The van der Waals surface area contributed by atoms with Gasteiger partial charge in [0.15, 0.2) is 0 Å². The molecule has 5 nitrogen and oxygen atoms in total. The Labute approximate surface area is 171 Å². The van der Waals surface area contributed by atoms with Crippen molar-refractivity contribution in [2.75, 3.05) is 0 Å². The second-order valence-electron chi connectivity index (χ2n) is 6.48. The van der Waals surface area contributed by atoms with E-state index < -0.39 is 11.1 Å². The van der Waals surface area contributed by atoms with Crippen molar-refractivity contribution < 1.29 is 8.76 Å². The number of aromatic nitrogens is 2. The SMILES string of the molecule is CCCCc1c(-c2ccc(CS(=O)[O-])cc2)cnn(-c2cccc(Cl)c2)c1=O. The third-order valence-corrected chi connectivity index (χ3v) is 5.26. The van der Waals surface area contributed by atoms with E-state index in [4.69, 9.17) is 11.6 Å². The molecule has 0 N–H and O–H groups in total. The topological polar surface area (TPSA) is 75.0 Å². The van der Waals surface area contributed by atoms with Gasteiger partial charge in [0.1, 0.15) is 0 Å². The van der Waals surface area contributed by atoms with Crippen LogP contribution in [0, 0.1) is 0 Å². The summed E-state index contributed by atoms with van der Waals surface area (Å²) in [5.41, 5.74) is 3.46. The number of nitrogens with zero attached hydrogens (tertiary/aromatic N) is 2. The lowest BCUT2D eigenvalue weighted by molar-refractivity contribution is 0.536. The van der Waals surface area contributed by atoms with Crippen LogP contribution in [0.1, 0.15) is 30.9 Å². The van der Waals surface area contributed by atoms with Gasteiger partial charge in [0.2, 0.25) is 0 Å². The van der Waals surface area contributed by atoms with Crippen molar-refractivity contribution >= 4 is 22.7 Å². The molecule has 0 amide bonds. The average Bonchev–Trinajstić information content (AvgIpc) is 2.67. The van der Waals surface area contributed by atoms with Crippen LogP contribution in [-0.4, -0.2) is 18.5 Å². The van der Waals surface area contributed by atoms with Crippen LogP contribution in [-0.2, 0) is 23.3 Å². The van der Waals surface area contributed by atoms with E-state index in [0.29, 0.717) is 28.3 Å². The molecule has 1 unspecified atom stereocenters. The lowest BCUT2D eigenvalue weighted by Crippen LogP contribution is -2.25. The molecule has 0 saturated carbocycles. The Kier molecular flexibility index (Phi) is 6.78. The van der Waals surface area contributed by atoms with Gasteiger partial charge in [-0.25, -0.2) is 0 Å². The minimum absolute atomic E-state index is 0.0302. The average molecular weight is 416 g/mol. The maximum Gasteiger partial charge on any atom is 0.275 e. The summed E-state index contributed by atoms with van der Waals surface area (Å²) >= 11 is 3.93. The summed E-state index contributed by atoms with van der Waals surface area (Å²) in [7, 11) is 0. The standard InChI is InChI=1S/C21H21ClN2O3S/c1-2-3-7-19-20(16-10-8-15(9-11-16)14-28(26)27)13-23-24(21(19)25)18-6-4-5-17(22)12-18/h4-6,8-13H,2-3,7,14H2,1H3,(H,26,27)/p-1. The summed E-state index contributed by atoms with van der Waals surface area (Å²) in [6.45, 7) is 2.08. The predicted molar refractivity (Wildman–Crippen MR) is 112 cm³/mol. The maximum absolute atomic E-state index is 13.2. The number of rotatable bonds is 7. The first-order valence-corrected chi connectivity index (χ1v) is 10.6. The molecule has 0 aliphatic carbocycles. The highest BCUT2D eigenvalue weighted by Gasteiger charge is 2.14. The molecule has 0 fully saturated rings. The Bertz CT molecular complexity index is 1050. The van der Waals surface area contributed by atoms with Crippen LogP contribution in [0.2, 0.25) is 5.02 Å². The molecule has 0 bridgehead atoms. The molecular weight excluding hydrogens is 396 g/mol. The first kappa shape index (κ1) is 20.5. The highest BCUT2D eigenvalue weighted by molar-refractivity contribution is 7.78. The van der Waals surface area contributed by atoms with Crippen LogP contribution in [0.25, 0.3) is 16.8 Å². The Morgan fingerprint density at radius 3 is 2.57 bits per heavy atom. The van der Waals surface area contributed by atoms with Crippen molar-refractivity contribution in [1.82, 2.24) is 9.78 Å². The summed E-state index contributed by atoms with van der Waals surface area (Å²) in [5.74, 6) is -0.0302. The van der Waals surface area contributed by atoms with Crippen LogP contribution in [0.15, 0.2) is 59.5 Å². The zero-order chi connectivity index (χ0) is 20.1. The van der Waals surface area contributed by atoms with Crippen molar-refractivity contribution in [3.05, 3.63) is 81.2 Å². The van der Waals surface area contributed by atoms with Gasteiger partial charge in [0.05, 0.1) is 11.9 Å². The summed E-state index contributed by atoms with van der Waals surface area (Å²) in [4.78, 5) is 13.2. The molecule has 0 saturated heterocycles. The van der Waals surface area contributed by atoms with Crippen LogP contribution >= 0.6 is 11.6 Å². The lowest BCUT2D eigenvalue weighted by atomic mass is 9.98. The maximum atomic E-state index is 13.2. The second-order valence-corrected chi connectivity index (χ2v) is 7.81. The van der Waals surface area contributed by atoms with E-state index in [1.54, 1.807) is 42.6 Å². The fourth-order valence-corrected chi connectivity index (χ4v) is 3.69. The van der Waals surface area contributed by atoms with Crippen LogP contribution in [0.4, 0.5) is 0 Å². The molecule has 3 aromatic rings. The van der Waals surface area contributed by atoms with Gasteiger partial charge in [0.25, 0.3) is 5.56 Å². The molecule has 3 rings (SSSR count). The summed E-state index contributed by atoms with van der Waals surface area (Å²) in [6.07, 6.45) is 4.18. The third kappa shape index (κ3) is 4.76. The summed E-state index contributed by atoms with van der Waals surface area (Å²) in [5, 5.41) is 4.89. The Balaban J connectivity index is 2.07. The largest absolute Gasteiger partial charge is 0.772 e. The van der Waals surface area contributed by atoms with Gasteiger partial charge in [0, 0.05) is 21.9 Å². The quantitative estimate of drug-likeness (QED) is 0.540. The molecule has 0 aliphatic rings. The summed E-state index contributed by atoms with van der Waals surface area (Å²) in [6, 6.07) is 14.2. The van der Waals surface area contributed by atoms with E-state index in [0.717, 1.165) is 24.0 Å². The number of benzene rings is 2. The lowest BCUT2D eigenvalue weighted by Gasteiger charge is -2.13. The first-order chi connectivity index (χ1) is 13.5. The molecule has 28 heavy (non-hydrogen) atoms. The van der Waals surface area contributed by atoms with Crippen molar-refractivity contribution in [2.45, 2.75) is 31.9 Å². The molecule has 2 aromatic carbocycles. The predicted octanol–water partition coefficient (Wildman–Crippen LogP) is 4.27. The van der Waals surface area contributed by atoms with Gasteiger partial charge in [-0.05, 0) is 42.2 Å². The fourth-order valence-electron chi connectivity index (χ4n) is 3.04. The Morgan fingerprint density at radius 2 is 1.93 bits per heavy atom.